The predicted molar refractivity (Wildman–Crippen MR) is 90.8 cm³/mol. The van der Waals surface area contributed by atoms with Gasteiger partial charge in [0.05, 0.1) is 11.4 Å². The number of rotatable bonds is 1. The van der Waals surface area contributed by atoms with Crippen LogP contribution in [0.15, 0.2) is 0 Å². The highest BCUT2D eigenvalue weighted by Crippen LogP contribution is 2.40. The number of thiazole rings is 1. The number of alkyl halides is 1. The SMILES string of the molecule is CC(C)(C)c1sc(N2CCN3CCN(C#N)CC3(F)C2=O)nc1Cl. The Balaban J connectivity index is 1.91. The first-order chi connectivity index (χ1) is 11.2. The quantitative estimate of drug-likeness (QED) is 0.559. The monoisotopic (exact) mass is 371 g/mol. The summed E-state index contributed by atoms with van der Waals surface area (Å²) >= 11 is 7.54. The number of piperazine rings is 2. The second-order valence-electron chi connectivity index (χ2n) is 7.09. The van der Waals surface area contributed by atoms with Gasteiger partial charge in [-0.25, -0.2) is 9.37 Å². The van der Waals surface area contributed by atoms with Gasteiger partial charge in [-0.3, -0.25) is 14.6 Å². The summed E-state index contributed by atoms with van der Waals surface area (Å²) in [5.41, 5.74) is -0.201. The zero-order chi connectivity index (χ0) is 17.7. The van der Waals surface area contributed by atoms with Gasteiger partial charge in [-0.05, 0) is 5.41 Å². The van der Waals surface area contributed by atoms with Crippen LogP contribution in [0.3, 0.4) is 0 Å². The van der Waals surface area contributed by atoms with E-state index in [-0.39, 0.29) is 12.0 Å². The largest absolute Gasteiger partial charge is 0.304 e. The van der Waals surface area contributed by atoms with Gasteiger partial charge in [0.2, 0.25) is 0 Å². The number of aromatic nitrogens is 1. The van der Waals surface area contributed by atoms with Crippen LogP contribution in [0, 0.1) is 11.5 Å². The van der Waals surface area contributed by atoms with E-state index in [9.17, 15) is 4.79 Å². The van der Waals surface area contributed by atoms with Gasteiger partial charge in [-0.1, -0.05) is 43.7 Å². The lowest BCUT2D eigenvalue weighted by Gasteiger charge is -2.48. The van der Waals surface area contributed by atoms with E-state index in [2.05, 4.69) is 4.98 Å². The third-order valence-electron chi connectivity index (χ3n) is 4.34. The summed E-state index contributed by atoms with van der Waals surface area (Å²) in [7, 11) is 0. The van der Waals surface area contributed by atoms with Gasteiger partial charge in [-0.15, -0.1) is 0 Å². The van der Waals surface area contributed by atoms with Crippen LogP contribution in [-0.2, 0) is 10.2 Å². The summed E-state index contributed by atoms with van der Waals surface area (Å²) in [5.74, 6) is -2.86. The molecule has 3 heterocycles. The molecule has 9 heteroatoms. The molecule has 1 amide bonds. The zero-order valence-corrected chi connectivity index (χ0v) is 15.4. The van der Waals surface area contributed by atoms with Gasteiger partial charge in [-0.2, -0.15) is 5.26 Å². The van der Waals surface area contributed by atoms with Crippen molar-refractivity contribution in [2.75, 3.05) is 37.6 Å². The van der Waals surface area contributed by atoms with Gasteiger partial charge < -0.3 is 4.90 Å². The number of nitriles is 1. The Morgan fingerprint density at radius 1 is 1.33 bits per heavy atom. The maximum atomic E-state index is 15.4. The second-order valence-corrected chi connectivity index (χ2v) is 8.43. The van der Waals surface area contributed by atoms with Gasteiger partial charge in [0.25, 0.3) is 11.7 Å². The molecule has 6 nitrogen and oxygen atoms in total. The lowest BCUT2D eigenvalue weighted by atomic mass is 9.95. The molecule has 24 heavy (non-hydrogen) atoms. The summed E-state index contributed by atoms with van der Waals surface area (Å²) < 4.78 is 15.4. The van der Waals surface area contributed by atoms with E-state index in [4.69, 9.17) is 16.9 Å². The number of anilines is 1. The highest BCUT2D eigenvalue weighted by Gasteiger charge is 2.54. The first-order valence-corrected chi connectivity index (χ1v) is 8.93. The molecular formula is C15H19ClFN5OS. The molecule has 0 aromatic carbocycles. The van der Waals surface area contributed by atoms with Crippen molar-refractivity contribution in [3.8, 4) is 6.19 Å². The summed E-state index contributed by atoms with van der Waals surface area (Å²) in [6.07, 6.45) is 1.93. The maximum absolute atomic E-state index is 15.4. The Hall–Kier alpha value is -1.43. The number of hydrogen-bond donors (Lipinski definition) is 0. The molecular weight excluding hydrogens is 353 g/mol. The highest BCUT2D eigenvalue weighted by molar-refractivity contribution is 7.16. The predicted octanol–water partition coefficient (Wildman–Crippen LogP) is 2.21. The number of halogens is 2. The molecule has 2 aliphatic rings. The molecule has 1 unspecified atom stereocenters. The third-order valence-corrected chi connectivity index (χ3v) is 6.23. The average Bonchev–Trinajstić information content (AvgIpc) is 2.90. The second kappa shape index (κ2) is 5.83. The molecule has 2 saturated heterocycles. The minimum Gasteiger partial charge on any atom is -0.304 e. The lowest BCUT2D eigenvalue weighted by Crippen LogP contribution is -2.70. The number of carbonyl (C=O) groups excluding carboxylic acids is 1. The Morgan fingerprint density at radius 3 is 2.58 bits per heavy atom. The highest BCUT2D eigenvalue weighted by atomic mass is 35.5. The molecule has 2 fully saturated rings. The van der Waals surface area contributed by atoms with E-state index in [1.165, 1.54) is 26.0 Å². The van der Waals surface area contributed by atoms with Crippen LogP contribution in [0.25, 0.3) is 0 Å². The first-order valence-electron chi connectivity index (χ1n) is 7.74. The normalized spacial score (nSPS) is 25.6. The lowest BCUT2D eigenvalue weighted by molar-refractivity contribution is -0.156. The fourth-order valence-corrected chi connectivity index (χ4v) is 4.58. The van der Waals surface area contributed by atoms with E-state index >= 15 is 4.39 Å². The van der Waals surface area contributed by atoms with E-state index in [1.54, 1.807) is 0 Å². The third kappa shape index (κ3) is 2.75. The number of hydrogen-bond acceptors (Lipinski definition) is 6. The molecule has 1 aromatic heterocycles. The van der Waals surface area contributed by atoms with Crippen molar-refractivity contribution in [2.24, 2.45) is 0 Å². The molecule has 0 aliphatic carbocycles. The van der Waals surface area contributed by atoms with Gasteiger partial charge in [0, 0.05) is 26.2 Å². The first kappa shape index (κ1) is 17.4. The van der Waals surface area contributed by atoms with Crippen LogP contribution in [-0.4, -0.2) is 59.2 Å². The Bertz CT molecular complexity index is 712. The van der Waals surface area contributed by atoms with Crippen molar-refractivity contribution in [1.82, 2.24) is 14.8 Å². The van der Waals surface area contributed by atoms with Gasteiger partial charge in [0.15, 0.2) is 11.3 Å². The number of nitrogens with zero attached hydrogens (tertiary/aromatic N) is 5. The van der Waals surface area contributed by atoms with Crippen molar-refractivity contribution in [2.45, 2.75) is 32.0 Å². The van der Waals surface area contributed by atoms with Gasteiger partial charge >= 0.3 is 0 Å². The standard InChI is InChI=1S/C15H19ClFN5OS/c1-14(2,3)10-11(16)19-13(24-10)22-7-6-21-5-4-20(9-18)8-15(21,17)12(22)23/h4-8H2,1-3H3. The number of fused-ring (bicyclic) bond motifs is 1. The minimum atomic E-state index is -2.19. The Kier molecular flexibility index (Phi) is 4.22. The van der Waals surface area contributed by atoms with E-state index in [1.807, 2.05) is 27.0 Å². The molecule has 0 bridgehead atoms. The van der Waals surface area contributed by atoms with E-state index < -0.39 is 11.7 Å². The molecule has 2 aliphatic heterocycles. The van der Waals surface area contributed by atoms with Crippen LogP contribution >= 0.6 is 22.9 Å². The molecule has 3 rings (SSSR count). The molecule has 130 valence electrons. The van der Waals surface area contributed by atoms with Crippen LogP contribution < -0.4 is 4.90 Å². The van der Waals surface area contributed by atoms with Crippen LogP contribution in [0.4, 0.5) is 9.52 Å². The summed E-state index contributed by atoms with van der Waals surface area (Å²) in [6, 6.07) is 0. The van der Waals surface area contributed by atoms with E-state index in [0.29, 0.717) is 36.5 Å². The average molecular weight is 372 g/mol. The molecule has 1 atom stereocenters. The van der Waals surface area contributed by atoms with Crippen molar-refractivity contribution >= 4 is 34.0 Å². The van der Waals surface area contributed by atoms with Crippen LogP contribution in [0.1, 0.15) is 25.6 Å². The van der Waals surface area contributed by atoms with Crippen molar-refractivity contribution in [3.63, 3.8) is 0 Å². The smallest absolute Gasteiger partial charge is 0.283 e. The van der Waals surface area contributed by atoms with Crippen molar-refractivity contribution in [3.05, 3.63) is 10.0 Å². The summed E-state index contributed by atoms with van der Waals surface area (Å²) in [6.45, 7) is 7.36. The van der Waals surface area contributed by atoms with Crippen LogP contribution in [0.5, 0.6) is 0 Å². The summed E-state index contributed by atoms with van der Waals surface area (Å²) in [4.78, 5) is 22.1. The van der Waals surface area contributed by atoms with Gasteiger partial charge in [0.1, 0.15) is 5.15 Å². The van der Waals surface area contributed by atoms with Crippen molar-refractivity contribution < 1.29 is 9.18 Å². The molecule has 0 spiro atoms. The maximum Gasteiger partial charge on any atom is 0.283 e. The fourth-order valence-electron chi connectivity index (χ4n) is 3.01. The topological polar surface area (TPSA) is 63.5 Å². The van der Waals surface area contributed by atoms with E-state index in [0.717, 1.165) is 4.88 Å². The zero-order valence-electron chi connectivity index (χ0n) is 13.8. The molecule has 0 saturated carbocycles. The molecule has 0 N–H and O–H groups in total. The minimum absolute atomic E-state index is 0.201. The Labute approximate surface area is 149 Å². The molecule has 0 radical (unpaired) electrons. The molecule has 1 aromatic rings. The Morgan fingerprint density at radius 2 is 2.00 bits per heavy atom. The van der Waals surface area contributed by atoms with Crippen molar-refractivity contribution in [1.29, 1.82) is 5.26 Å². The fraction of sp³-hybridized carbons (Fsp3) is 0.667. The number of amides is 1. The summed E-state index contributed by atoms with van der Waals surface area (Å²) in [5, 5.41) is 9.80. The number of carbonyl (C=O) groups is 1. The van der Waals surface area contributed by atoms with Crippen LogP contribution in [0.2, 0.25) is 5.15 Å².